The number of aryl methyl sites for hydroxylation is 1. The lowest BCUT2D eigenvalue weighted by Gasteiger charge is -2.14. The van der Waals surface area contributed by atoms with Crippen molar-refractivity contribution in [2.45, 2.75) is 20.1 Å². The van der Waals surface area contributed by atoms with Gasteiger partial charge < -0.3 is 10.1 Å². The molecule has 3 aromatic carbocycles. The Morgan fingerprint density at radius 2 is 1.73 bits per heavy atom. The molecule has 0 aliphatic carbocycles. The molecule has 0 saturated heterocycles. The van der Waals surface area contributed by atoms with Crippen LogP contribution in [-0.4, -0.2) is 0 Å². The lowest BCUT2D eigenvalue weighted by atomic mass is 10.1. The Labute approximate surface area is 162 Å². The van der Waals surface area contributed by atoms with E-state index in [1.807, 2.05) is 49.4 Å². The Bertz CT molecular complexity index is 914. The zero-order valence-electron chi connectivity index (χ0n) is 14.2. The van der Waals surface area contributed by atoms with Crippen molar-refractivity contribution >= 4 is 28.9 Å². The fraction of sp³-hybridized carbons (Fsp3) is 0.143. The minimum atomic E-state index is -0.361. The fourth-order valence-electron chi connectivity index (χ4n) is 2.49. The predicted octanol–water partition coefficient (Wildman–Crippen LogP) is 6.63. The van der Waals surface area contributed by atoms with Crippen LogP contribution >= 0.6 is 23.2 Å². The molecule has 26 heavy (non-hydrogen) atoms. The molecule has 0 heterocycles. The Morgan fingerprint density at radius 3 is 2.50 bits per heavy atom. The van der Waals surface area contributed by atoms with E-state index in [-0.39, 0.29) is 12.4 Å². The van der Waals surface area contributed by atoms with Crippen molar-refractivity contribution in [1.82, 2.24) is 0 Å². The molecule has 0 aliphatic rings. The van der Waals surface area contributed by atoms with Gasteiger partial charge in [0.05, 0.1) is 5.02 Å². The number of hydrogen-bond donors (Lipinski definition) is 1. The van der Waals surface area contributed by atoms with E-state index in [9.17, 15) is 4.39 Å². The van der Waals surface area contributed by atoms with Gasteiger partial charge in [-0.3, -0.25) is 0 Å². The summed E-state index contributed by atoms with van der Waals surface area (Å²) in [5.74, 6) is 0.388. The number of hydrogen-bond acceptors (Lipinski definition) is 2. The van der Waals surface area contributed by atoms with Crippen molar-refractivity contribution in [3.63, 3.8) is 0 Å². The number of halogens is 3. The van der Waals surface area contributed by atoms with Crippen molar-refractivity contribution < 1.29 is 9.13 Å². The SMILES string of the molecule is Cc1ccc(NCc2ccccc2OCc2ccc(F)cc2Cl)cc1Cl. The van der Waals surface area contributed by atoms with Gasteiger partial charge in [-0.2, -0.15) is 0 Å². The molecular formula is C21H18Cl2FNO. The largest absolute Gasteiger partial charge is 0.488 e. The van der Waals surface area contributed by atoms with E-state index in [4.69, 9.17) is 27.9 Å². The maximum atomic E-state index is 13.1. The molecule has 0 saturated carbocycles. The monoisotopic (exact) mass is 389 g/mol. The molecule has 2 nitrogen and oxygen atoms in total. The molecule has 0 atom stereocenters. The van der Waals surface area contributed by atoms with Gasteiger partial charge in [-0.1, -0.05) is 53.5 Å². The fourth-order valence-corrected chi connectivity index (χ4v) is 2.89. The lowest BCUT2D eigenvalue weighted by molar-refractivity contribution is 0.303. The van der Waals surface area contributed by atoms with Crippen LogP contribution in [0.5, 0.6) is 5.75 Å². The smallest absolute Gasteiger partial charge is 0.124 e. The first-order valence-electron chi connectivity index (χ1n) is 8.17. The second-order valence-electron chi connectivity index (χ2n) is 5.95. The van der Waals surface area contributed by atoms with Gasteiger partial charge in [-0.05, 0) is 42.8 Å². The molecule has 0 amide bonds. The summed E-state index contributed by atoms with van der Waals surface area (Å²) in [5.41, 5.74) is 3.72. The highest BCUT2D eigenvalue weighted by molar-refractivity contribution is 6.31. The number of anilines is 1. The third-order valence-electron chi connectivity index (χ3n) is 4.03. The van der Waals surface area contributed by atoms with Crippen LogP contribution < -0.4 is 10.1 Å². The minimum Gasteiger partial charge on any atom is -0.488 e. The average molecular weight is 390 g/mol. The van der Waals surface area contributed by atoms with Gasteiger partial charge in [0.15, 0.2) is 0 Å². The first-order valence-corrected chi connectivity index (χ1v) is 8.93. The molecule has 0 spiro atoms. The average Bonchev–Trinajstić information content (AvgIpc) is 2.63. The summed E-state index contributed by atoms with van der Waals surface area (Å²) >= 11 is 12.2. The van der Waals surface area contributed by atoms with Crippen LogP contribution in [0.1, 0.15) is 16.7 Å². The van der Waals surface area contributed by atoms with Gasteiger partial charge in [0.1, 0.15) is 18.2 Å². The van der Waals surface area contributed by atoms with Crippen molar-refractivity contribution in [1.29, 1.82) is 0 Å². The summed E-state index contributed by atoms with van der Waals surface area (Å²) < 4.78 is 19.0. The third kappa shape index (κ3) is 4.69. The van der Waals surface area contributed by atoms with Crippen LogP contribution in [0.2, 0.25) is 10.0 Å². The summed E-state index contributed by atoms with van der Waals surface area (Å²) in [5, 5.41) is 4.43. The van der Waals surface area contributed by atoms with Gasteiger partial charge in [-0.15, -0.1) is 0 Å². The zero-order valence-corrected chi connectivity index (χ0v) is 15.7. The number of benzene rings is 3. The summed E-state index contributed by atoms with van der Waals surface area (Å²) in [4.78, 5) is 0. The maximum absolute atomic E-state index is 13.1. The van der Waals surface area contributed by atoms with Gasteiger partial charge in [0, 0.05) is 28.4 Å². The van der Waals surface area contributed by atoms with E-state index in [0.717, 1.165) is 33.1 Å². The molecule has 5 heteroatoms. The molecule has 1 N–H and O–H groups in total. The van der Waals surface area contributed by atoms with Crippen molar-refractivity contribution in [3.05, 3.63) is 93.2 Å². The molecule has 134 valence electrons. The quantitative estimate of drug-likeness (QED) is 0.510. The Kier molecular flexibility index (Phi) is 6.02. The van der Waals surface area contributed by atoms with Crippen LogP contribution in [0, 0.1) is 12.7 Å². The number of nitrogens with one attached hydrogen (secondary N) is 1. The zero-order chi connectivity index (χ0) is 18.5. The van der Waals surface area contributed by atoms with Crippen molar-refractivity contribution in [3.8, 4) is 5.75 Å². The molecule has 3 aromatic rings. The normalized spacial score (nSPS) is 10.6. The topological polar surface area (TPSA) is 21.3 Å². The van der Waals surface area contributed by atoms with Gasteiger partial charge in [0.25, 0.3) is 0 Å². The Hall–Kier alpha value is -2.23. The van der Waals surface area contributed by atoms with E-state index in [1.165, 1.54) is 12.1 Å². The van der Waals surface area contributed by atoms with E-state index in [2.05, 4.69) is 5.32 Å². The van der Waals surface area contributed by atoms with Crippen LogP contribution in [0.15, 0.2) is 60.7 Å². The number of ether oxygens (including phenoxy) is 1. The number of rotatable bonds is 6. The summed E-state index contributed by atoms with van der Waals surface area (Å²) in [6.07, 6.45) is 0. The van der Waals surface area contributed by atoms with Gasteiger partial charge in [0.2, 0.25) is 0 Å². The van der Waals surface area contributed by atoms with Crippen LogP contribution in [0.25, 0.3) is 0 Å². The first-order chi connectivity index (χ1) is 12.5. The third-order valence-corrected chi connectivity index (χ3v) is 4.78. The molecule has 3 rings (SSSR count). The number of para-hydroxylation sites is 1. The summed E-state index contributed by atoms with van der Waals surface area (Å²) in [6.45, 7) is 2.83. The minimum absolute atomic E-state index is 0.270. The molecular weight excluding hydrogens is 372 g/mol. The second kappa shape index (κ2) is 8.43. The van der Waals surface area contributed by atoms with Crippen LogP contribution in [0.4, 0.5) is 10.1 Å². The maximum Gasteiger partial charge on any atom is 0.124 e. The molecule has 0 aromatic heterocycles. The van der Waals surface area contributed by atoms with Crippen molar-refractivity contribution in [2.24, 2.45) is 0 Å². The van der Waals surface area contributed by atoms with Crippen LogP contribution in [0.3, 0.4) is 0 Å². The molecule has 0 radical (unpaired) electrons. The lowest BCUT2D eigenvalue weighted by Crippen LogP contribution is -2.04. The Morgan fingerprint density at radius 1 is 0.923 bits per heavy atom. The Balaban J connectivity index is 1.68. The second-order valence-corrected chi connectivity index (χ2v) is 6.76. The standard InChI is InChI=1S/C21H18Cl2FNO/c1-14-6-9-18(11-19(14)22)25-12-15-4-2-3-5-21(15)26-13-16-7-8-17(24)10-20(16)23/h2-11,25H,12-13H2,1H3. The van der Waals surface area contributed by atoms with Gasteiger partial charge >= 0.3 is 0 Å². The summed E-state index contributed by atoms with van der Waals surface area (Å²) in [7, 11) is 0. The molecule has 0 aliphatic heterocycles. The highest BCUT2D eigenvalue weighted by atomic mass is 35.5. The highest BCUT2D eigenvalue weighted by Gasteiger charge is 2.07. The summed E-state index contributed by atoms with van der Waals surface area (Å²) in [6, 6.07) is 17.9. The molecule has 0 fully saturated rings. The first kappa shape index (κ1) is 18.6. The van der Waals surface area contributed by atoms with Crippen LogP contribution in [-0.2, 0) is 13.2 Å². The predicted molar refractivity (Wildman–Crippen MR) is 106 cm³/mol. The van der Waals surface area contributed by atoms with Crippen molar-refractivity contribution in [2.75, 3.05) is 5.32 Å². The van der Waals surface area contributed by atoms with E-state index >= 15 is 0 Å². The van der Waals surface area contributed by atoms with E-state index in [0.29, 0.717) is 11.6 Å². The van der Waals surface area contributed by atoms with E-state index in [1.54, 1.807) is 6.07 Å². The van der Waals surface area contributed by atoms with E-state index < -0.39 is 0 Å². The molecule has 0 unspecified atom stereocenters. The molecule has 0 bridgehead atoms. The highest BCUT2D eigenvalue weighted by Crippen LogP contribution is 2.25. The van der Waals surface area contributed by atoms with Gasteiger partial charge in [-0.25, -0.2) is 4.39 Å².